The Labute approximate surface area is 129 Å². The molecule has 1 aliphatic rings. The zero-order valence-electron chi connectivity index (χ0n) is 11.8. The summed E-state index contributed by atoms with van der Waals surface area (Å²) in [6.07, 6.45) is 2.93. The van der Waals surface area contributed by atoms with Gasteiger partial charge in [-0.3, -0.25) is 4.79 Å². The summed E-state index contributed by atoms with van der Waals surface area (Å²) in [6, 6.07) is 4.74. The molecular formula is C14H19ClN2O3S. The fraction of sp³-hybridized carbons (Fsp3) is 0.500. The minimum atomic E-state index is -3.11. The van der Waals surface area contributed by atoms with Gasteiger partial charge in [0.15, 0.2) is 0 Å². The second kappa shape index (κ2) is 6.34. The molecule has 1 amide bonds. The third-order valence-corrected chi connectivity index (χ3v) is 4.85. The summed E-state index contributed by atoms with van der Waals surface area (Å²) in [5, 5.41) is 3.57. The van der Waals surface area contributed by atoms with Crippen LogP contribution in [0.1, 0.15) is 30.0 Å². The normalized spacial score (nSPS) is 19.1. The molecule has 3 N–H and O–H groups in total. The second-order valence-electron chi connectivity index (χ2n) is 5.47. The molecule has 21 heavy (non-hydrogen) atoms. The van der Waals surface area contributed by atoms with Crippen LogP contribution in [0, 0.1) is 0 Å². The van der Waals surface area contributed by atoms with Crippen LogP contribution in [-0.4, -0.2) is 32.4 Å². The van der Waals surface area contributed by atoms with Crippen molar-refractivity contribution in [3.8, 4) is 0 Å². The molecule has 1 aromatic carbocycles. The van der Waals surface area contributed by atoms with Crippen LogP contribution >= 0.6 is 11.6 Å². The van der Waals surface area contributed by atoms with Crippen LogP contribution in [0.4, 0.5) is 0 Å². The van der Waals surface area contributed by atoms with E-state index in [1.807, 2.05) is 12.1 Å². The first-order valence-electron chi connectivity index (χ1n) is 6.78. The summed E-state index contributed by atoms with van der Waals surface area (Å²) in [7, 11) is -3.11. The fourth-order valence-electron chi connectivity index (χ4n) is 2.49. The van der Waals surface area contributed by atoms with Crippen LogP contribution < -0.4 is 11.1 Å². The van der Waals surface area contributed by atoms with E-state index in [4.69, 9.17) is 17.3 Å². The van der Waals surface area contributed by atoms with E-state index in [2.05, 4.69) is 5.32 Å². The number of sulfone groups is 1. The minimum Gasteiger partial charge on any atom is -0.348 e. The summed E-state index contributed by atoms with van der Waals surface area (Å²) in [6.45, 7) is 0. The number of carbonyl (C=O) groups is 1. The molecular weight excluding hydrogens is 312 g/mol. The Morgan fingerprint density at radius 3 is 2.90 bits per heavy atom. The molecule has 0 bridgehead atoms. The molecule has 5 nitrogen and oxygen atoms in total. The van der Waals surface area contributed by atoms with Crippen molar-refractivity contribution in [3.63, 3.8) is 0 Å². The van der Waals surface area contributed by atoms with Crippen molar-refractivity contribution >= 4 is 27.3 Å². The van der Waals surface area contributed by atoms with Crippen molar-refractivity contribution in [1.29, 1.82) is 0 Å². The minimum absolute atomic E-state index is 0.0750. The van der Waals surface area contributed by atoms with Gasteiger partial charge in [-0.25, -0.2) is 8.42 Å². The lowest BCUT2D eigenvalue weighted by Gasteiger charge is -2.17. The third kappa shape index (κ3) is 4.43. The Hall–Kier alpha value is -1.11. The van der Waals surface area contributed by atoms with Crippen LogP contribution in [-0.2, 0) is 21.1 Å². The first kappa shape index (κ1) is 16.3. The van der Waals surface area contributed by atoms with Gasteiger partial charge in [0.1, 0.15) is 9.84 Å². The molecule has 0 heterocycles. The van der Waals surface area contributed by atoms with Gasteiger partial charge in [0.25, 0.3) is 0 Å². The zero-order chi connectivity index (χ0) is 15.6. The van der Waals surface area contributed by atoms with Gasteiger partial charge in [-0.1, -0.05) is 17.7 Å². The van der Waals surface area contributed by atoms with Gasteiger partial charge in [-0.2, -0.15) is 0 Å². The van der Waals surface area contributed by atoms with Crippen molar-refractivity contribution in [2.24, 2.45) is 5.73 Å². The lowest BCUT2D eigenvalue weighted by molar-refractivity contribution is -0.123. The summed E-state index contributed by atoms with van der Waals surface area (Å²) >= 11 is 5.95. The maximum atomic E-state index is 12.0. The molecule has 2 unspecified atom stereocenters. The van der Waals surface area contributed by atoms with Crippen LogP contribution in [0.15, 0.2) is 18.2 Å². The number of amides is 1. The van der Waals surface area contributed by atoms with Gasteiger partial charge >= 0.3 is 0 Å². The Morgan fingerprint density at radius 2 is 2.24 bits per heavy atom. The number of benzene rings is 1. The van der Waals surface area contributed by atoms with E-state index < -0.39 is 15.9 Å². The fourth-order valence-corrected chi connectivity index (χ4v) is 3.36. The van der Waals surface area contributed by atoms with E-state index in [-0.39, 0.29) is 24.1 Å². The summed E-state index contributed by atoms with van der Waals surface area (Å²) in [5.74, 6) is -0.398. The van der Waals surface area contributed by atoms with Gasteiger partial charge in [0.2, 0.25) is 5.91 Å². The van der Waals surface area contributed by atoms with E-state index in [0.29, 0.717) is 5.02 Å². The lowest BCUT2D eigenvalue weighted by atomic mass is 10.1. The molecule has 0 saturated carbocycles. The Bertz CT molecular complexity index is 646. The van der Waals surface area contributed by atoms with Gasteiger partial charge < -0.3 is 11.1 Å². The number of halogens is 1. The average Bonchev–Trinajstić information content (AvgIpc) is 2.77. The molecule has 0 aromatic heterocycles. The van der Waals surface area contributed by atoms with E-state index >= 15 is 0 Å². The topological polar surface area (TPSA) is 89.3 Å². The standard InChI is InChI=1S/C14H19ClN2O3S/c1-21(19,20)7-6-12(16)14(18)17-13-5-2-9-8-10(15)3-4-11(9)13/h3-4,8,12-13H,2,5-7,16H2,1H3,(H,17,18). The van der Waals surface area contributed by atoms with E-state index in [1.165, 1.54) is 0 Å². The van der Waals surface area contributed by atoms with E-state index in [1.54, 1.807) is 6.07 Å². The number of aryl methyl sites for hydroxylation is 1. The predicted octanol–water partition coefficient (Wildman–Crippen LogP) is 1.21. The van der Waals surface area contributed by atoms with Crippen molar-refractivity contribution in [3.05, 3.63) is 34.3 Å². The zero-order valence-corrected chi connectivity index (χ0v) is 13.4. The number of rotatable bonds is 5. The van der Waals surface area contributed by atoms with Crippen LogP contribution in [0.25, 0.3) is 0 Å². The van der Waals surface area contributed by atoms with Crippen molar-refractivity contribution in [1.82, 2.24) is 5.32 Å². The maximum absolute atomic E-state index is 12.0. The highest BCUT2D eigenvalue weighted by molar-refractivity contribution is 7.90. The van der Waals surface area contributed by atoms with Crippen LogP contribution in [0.5, 0.6) is 0 Å². The molecule has 2 rings (SSSR count). The highest BCUT2D eigenvalue weighted by Crippen LogP contribution is 2.32. The molecule has 0 radical (unpaired) electrons. The predicted molar refractivity (Wildman–Crippen MR) is 83.0 cm³/mol. The number of carbonyl (C=O) groups excluding carboxylic acids is 1. The second-order valence-corrected chi connectivity index (χ2v) is 8.16. The Morgan fingerprint density at radius 1 is 1.52 bits per heavy atom. The first-order chi connectivity index (χ1) is 9.76. The maximum Gasteiger partial charge on any atom is 0.237 e. The third-order valence-electron chi connectivity index (χ3n) is 3.64. The lowest BCUT2D eigenvalue weighted by Crippen LogP contribution is -2.42. The van der Waals surface area contributed by atoms with Crippen molar-refractivity contribution in [2.75, 3.05) is 12.0 Å². The smallest absolute Gasteiger partial charge is 0.237 e. The first-order valence-corrected chi connectivity index (χ1v) is 9.22. The summed E-state index contributed by atoms with van der Waals surface area (Å²) in [5.41, 5.74) is 7.94. The number of hydrogen-bond acceptors (Lipinski definition) is 4. The summed E-state index contributed by atoms with van der Waals surface area (Å²) in [4.78, 5) is 12.0. The van der Waals surface area contributed by atoms with E-state index in [0.717, 1.165) is 30.2 Å². The van der Waals surface area contributed by atoms with Gasteiger partial charge in [-0.05, 0) is 42.5 Å². The Balaban J connectivity index is 1.96. The number of fused-ring (bicyclic) bond motifs is 1. The average molecular weight is 331 g/mol. The highest BCUT2D eigenvalue weighted by atomic mass is 35.5. The Kier molecular flexibility index (Phi) is 4.91. The number of nitrogens with two attached hydrogens (primary N) is 1. The molecule has 0 saturated heterocycles. The van der Waals surface area contributed by atoms with Crippen molar-refractivity contribution < 1.29 is 13.2 Å². The van der Waals surface area contributed by atoms with Gasteiger partial charge in [0.05, 0.1) is 17.8 Å². The highest BCUT2D eigenvalue weighted by Gasteiger charge is 2.26. The SMILES string of the molecule is CS(=O)(=O)CCC(N)C(=O)NC1CCc2cc(Cl)ccc21. The molecule has 0 aliphatic heterocycles. The number of nitrogens with one attached hydrogen (secondary N) is 1. The van der Waals surface area contributed by atoms with E-state index in [9.17, 15) is 13.2 Å². The molecule has 0 fully saturated rings. The quantitative estimate of drug-likeness (QED) is 0.849. The molecule has 7 heteroatoms. The van der Waals surface area contributed by atoms with Gasteiger partial charge in [0, 0.05) is 11.3 Å². The molecule has 2 atom stereocenters. The number of hydrogen-bond donors (Lipinski definition) is 2. The van der Waals surface area contributed by atoms with Crippen LogP contribution in [0.2, 0.25) is 5.02 Å². The molecule has 0 spiro atoms. The monoisotopic (exact) mass is 330 g/mol. The molecule has 116 valence electrons. The van der Waals surface area contributed by atoms with Crippen LogP contribution in [0.3, 0.4) is 0 Å². The summed E-state index contributed by atoms with van der Waals surface area (Å²) < 4.78 is 22.2. The van der Waals surface area contributed by atoms with Crippen molar-refractivity contribution in [2.45, 2.75) is 31.3 Å². The molecule has 1 aromatic rings. The molecule has 1 aliphatic carbocycles. The largest absolute Gasteiger partial charge is 0.348 e. The van der Waals surface area contributed by atoms with Gasteiger partial charge in [-0.15, -0.1) is 0 Å².